The van der Waals surface area contributed by atoms with E-state index in [-0.39, 0.29) is 0 Å². The van der Waals surface area contributed by atoms with Gasteiger partial charge in [0.2, 0.25) is 10.0 Å². The molecule has 3 N–H and O–H groups in total. The molecule has 0 aliphatic carbocycles. The molecule has 0 amide bonds. The molecule has 0 aromatic heterocycles. The minimum absolute atomic E-state index is 0.410. The number of nitrogens with two attached hydrogens (primary N) is 1. The zero-order chi connectivity index (χ0) is 32.7. The highest BCUT2D eigenvalue weighted by molar-refractivity contribution is 7.89. The second kappa shape index (κ2) is 10.3. The third-order valence-corrected chi connectivity index (χ3v) is 4.19. The molecule has 0 fully saturated rings. The first-order valence-corrected chi connectivity index (χ1v) is 9.26. The van der Waals surface area contributed by atoms with Gasteiger partial charge >= 0.3 is 0 Å². The monoisotopic (exact) mass is 422 g/mol. The van der Waals surface area contributed by atoms with Crippen LogP contribution in [0.15, 0.2) is 47.4 Å². The summed E-state index contributed by atoms with van der Waals surface area (Å²) in [6, 6.07) is 5.68. The van der Waals surface area contributed by atoms with Crippen molar-refractivity contribution < 1.29 is 41.8 Å². The number of hydrogen-bond acceptors (Lipinski definition) is 6. The Morgan fingerprint density at radius 2 is 1.93 bits per heavy atom. The van der Waals surface area contributed by atoms with Crippen LogP contribution in [0.25, 0.3) is 0 Å². The summed E-state index contributed by atoms with van der Waals surface area (Å²) in [6.45, 7) is -11.9. The van der Waals surface area contributed by atoms with Crippen molar-refractivity contribution >= 4 is 10.0 Å². The molecular formula is C20H28N2O5S. The molecule has 0 unspecified atom stereocenters. The number of benzene rings is 2. The summed E-state index contributed by atoms with van der Waals surface area (Å²) >= 11 is 0. The number of rotatable bonds is 11. The van der Waals surface area contributed by atoms with Crippen LogP contribution in [0.4, 0.5) is 0 Å². The van der Waals surface area contributed by atoms with E-state index in [0.29, 0.717) is 6.07 Å². The predicted molar refractivity (Wildman–Crippen MR) is 109 cm³/mol. The van der Waals surface area contributed by atoms with Gasteiger partial charge in [0, 0.05) is 22.1 Å². The van der Waals surface area contributed by atoms with E-state index in [1.807, 2.05) is 0 Å². The van der Waals surface area contributed by atoms with Crippen molar-refractivity contribution in [3.05, 3.63) is 48.0 Å². The van der Waals surface area contributed by atoms with E-state index in [1.165, 1.54) is 12.1 Å². The fourth-order valence-electron chi connectivity index (χ4n) is 2.08. The Morgan fingerprint density at radius 1 is 1.18 bits per heavy atom. The maximum Gasteiger partial charge on any atom is 0.241 e. The SMILES string of the molecule is [2H]C([2H])([2H])Oc1ccc(C([2H])([2H])[C@@H](C)NC([2H])([2H])C([2H])([2H])Oc2ccccc2OC([2H])([2H])C([2H])([2H])[2H])cc1S(N)(=O)=O. The van der Waals surface area contributed by atoms with E-state index in [1.54, 1.807) is 0 Å². The highest BCUT2D eigenvalue weighted by atomic mass is 32.2. The number of sulfonamides is 1. The molecule has 0 saturated heterocycles. The summed E-state index contributed by atoms with van der Waals surface area (Å²) in [4.78, 5) is -0.859. The Morgan fingerprint density at radius 3 is 2.61 bits per heavy atom. The summed E-state index contributed by atoms with van der Waals surface area (Å²) in [5, 5.41) is 7.26. The summed E-state index contributed by atoms with van der Waals surface area (Å²) in [7, 11) is -7.68. The number of primary sulfonamides is 1. The summed E-state index contributed by atoms with van der Waals surface area (Å²) in [6.07, 6.45) is -2.64. The molecule has 28 heavy (non-hydrogen) atoms. The molecule has 0 saturated carbocycles. The first-order valence-electron chi connectivity index (χ1n) is 14.7. The quantitative estimate of drug-likeness (QED) is 0.577. The van der Waals surface area contributed by atoms with Crippen molar-refractivity contribution in [2.75, 3.05) is 26.7 Å². The fourth-order valence-corrected chi connectivity index (χ4v) is 2.76. The molecule has 0 heterocycles. The van der Waals surface area contributed by atoms with E-state index in [4.69, 9.17) is 33.8 Å². The minimum atomic E-state index is -4.62. The van der Waals surface area contributed by atoms with Gasteiger partial charge in [-0.2, -0.15) is 0 Å². The van der Waals surface area contributed by atoms with Crippen molar-refractivity contribution in [1.29, 1.82) is 0 Å². The molecule has 0 bridgehead atoms. The summed E-state index contributed by atoms with van der Waals surface area (Å²) in [5.74, 6) is -1.81. The molecule has 0 radical (unpaired) electrons. The third kappa shape index (κ3) is 6.40. The summed E-state index contributed by atoms with van der Waals surface area (Å²) < 4.78 is 147. The van der Waals surface area contributed by atoms with Crippen LogP contribution >= 0.6 is 0 Å². The predicted octanol–water partition coefficient (Wildman–Crippen LogP) is 2.34. The molecule has 1 atom stereocenters. The molecule has 0 aliphatic heterocycles. The standard InChI is InChI=1S/C20H28N2O5S/c1-4-26-17-7-5-6-8-18(17)27-12-11-22-15(2)13-16-9-10-19(25-3)20(14-16)28(21,23)24/h5-10,14-15,22H,4,11-13H2,1-3H3,(H2,21,23,24)/t15-/m1/s1/i1D3,3D3,4D2,11D2,12D2,13D2. The van der Waals surface area contributed by atoms with E-state index in [9.17, 15) is 8.42 Å². The third-order valence-electron chi connectivity index (χ3n) is 3.25. The van der Waals surface area contributed by atoms with E-state index < -0.39 is 83.7 Å². The molecule has 0 aliphatic rings. The largest absolute Gasteiger partial charge is 0.495 e. The van der Waals surface area contributed by atoms with Crippen molar-refractivity contribution in [2.24, 2.45) is 5.14 Å². The molecule has 2 rings (SSSR count). The molecular weight excluding hydrogens is 380 g/mol. The van der Waals surface area contributed by atoms with Crippen LogP contribution < -0.4 is 24.7 Å². The second-order valence-electron chi connectivity index (χ2n) is 5.30. The van der Waals surface area contributed by atoms with Crippen LogP contribution in [0.5, 0.6) is 17.2 Å². The van der Waals surface area contributed by atoms with Crippen LogP contribution in [0, 0.1) is 0 Å². The van der Waals surface area contributed by atoms with Gasteiger partial charge in [-0.25, -0.2) is 13.6 Å². The topological polar surface area (TPSA) is 99.9 Å². The fraction of sp³-hybridized carbons (Fsp3) is 0.400. The first kappa shape index (κ1) is 9.47. The summed E-state index contributed by atoms with van der Waals surface area (Å²) in [5.41, 5.74) is -0.410. The number of para-hydroxylation sites is 2. The normalized spacial score (nSPS) is 22.8. The zero-order valence-electron chi connectivity index (χ0n) is 28.6. The Balaban J connectivity index is 2.38. The highest BCUT2D eigenvalue weighted by Gasteiger charge is 2.16. The minimum Gasteiger partial charge on any atom is -0.495 e. The van der Waals surface area contributed by atoms with Crippen LogP contribution in [-0.2, 0) is 16.4 Å². The average Bonchev–Trinajstić information content (AvgIpc) is 2.77. The maximum atomic E-state index is 12.1. The van der Waals surface area contributed by atoms with Crippen molar-refractivity contribution in [3.8, 4) is 17.2 Å². The maximum absolute atomic E-state index is 12.1. The lowest BCUT2D eigenvalue weighted by Gasteiger charge is -2.16. The van der Waals surface area contributed by atoms with Crippen molar-refractivity contribution in [1.82, 2.24) is 5.32 Å². The van der Waals surface area contributed by atoms with Crippen LogP contribution in [0.1, 0.15) is 38.5 Å². The van der Waals surface area contributed by atoms with Gasteiger partial charge < -0.3 is 19.5 Å². The first-order chi connectivity index (χ1) is 18.6. The Bertz CT molecular complexity index is 1380. The smallest absolute Gasteiger partial charge is 0.241 e. The number of ether oxygens (including phenoxy) is 3. The second-order valence-corrected chi connectivity index (χ2v) is 6.83. The number of hydrogen-bond donors (Lipinski definition) is 2. The van der Waals surface area contributed by atoms with Crippen LogP contribution in [0.3, 0.4) is 0 Å². The van der Waals surface area contributed by atoms with Crippen LogP contribution in [-0.4, -0.2) is 41.1 Å². The van der Waals surface area contributed by atoms with Gasteiger partial charge in [0.1, 0.15) is 17.2 Å². The number of methoxy groups -OCH3 is 1. The van der Waals surface area contributed by atoms with Gasteiger partial charge in [-0.1, -0.05) is 18.2 Å². The Hall–Kier alpha value is -2.29. The van der Waals surface area contributed by atoms with E-state index in [2.05, 4.69) is 10.1 Å². The Labute approximate surface area is 186 Å². The number of nitrogens with one attached hydrogen (secondary N) is 1. The lowest BCUT2D eigenvalue weighted by Crippen LogP contribution is -2.32. The van der Waals surface area contributed by atoms with Crippen molar-refractivity contribution in [3.63, 3.8) is 0 Å². The van der Waals surface area contributed by atoms with Gasteiger partial charge in [-0.15, -0.1) is 0 Å². The van der Waals surface area contributed by atoms with E-state index >= 15 is 0 Å². The molecule has 2 aromatic rings. The lowest BCUT2D eigenvalue weighted by atomic mass is 10.1. The van der Waals surface area contributed by atoms with Gasteiger partial charge in [0.25, 0.3) is 0 Å². The van der Waals surface area contributed by atoms with Crippen molar-refractivity contribution in [2.45, 2.75) is 31.1 Å². The molecule has 7 nitrogen and oxygen atoms in total. The molecule has 2 aromatic carbocycles. The van der Waals surface area contributed by atoms with Gasteiger partial charge in [-0.05, 0) is 50.0 Å². The van der Waals surface area contributed by atoms with Crippen LogP contribution in [0.2, 0.25) is 0 Å². The Kier molecular flexibility index (Phi) is 3.49. The average molecular weight is 423 g/mol. The lowest BCUT2D eigenvalue weighted by molar-refractivity contribution is 0.272. The highest BCUT2D eigenvalue weighted by Crippen LogP contribution is 2.26. The van der Waals surface area contributed by atoms with E-state index in [0.717, 1.165) is 31.2 Å². The molecule has 154 valence electrons. The van der Waals surface area contributed by atoms with Gasteiger partial charge in [-0.3, -0.25) is 0 Å². The molecule has 8 heteroatoms. The van der Waals surface area contributed by atoms with Gasteiger partial charge in [0.15, 0.2) is 11.5 Å². The van der Waals surface area contributed by atoms with Gasteiger partial charge in [0.05, 0.1) is 23.2 Å². The zero-order valence-corrected chi connectivity index (χ0v) is 15.5. The molecule has 0 spiro atoms.